The van der Waals surface area contributed by atoms with E-state index in [1.54, 1.807) is 6.20 Å². The van der Waals surface area contributed by atoms with Crippen molar-refractivity contribution in [2.45, 2.75) is 38.3 Å². The zero-order valence-electron chi connectivity index (χ0n) is 10.7. The lowest BCUT2D eigenvalue weighted by molar-refractivity contribution is -0.116. The molecular weight excluding hydrogens is 230 g/mol. The van der Waals surface area contributed by atoms with Crippen LogP contribution in [-0.4, -0.2) is 34.8 Å². The molecule has 1 aromatic rings. The van der Waals surface area contributed by atoms with Gasteiger partial charge in [-0.05, 0) is 12.8 Å². The van der Waals surface area contributed by atoms with Crippen LogP contribution < -0.4 is 16.4 Å². The number of nitrogens with two attached hydrogens (primary N) is 1. The summed E-state index contributed by atoms with van der Waals surface area (Å²) in [5.41, 5.74) is 5.80. The second kappa shape index (κ2) is 5.97. The van der Waals surface area contributed by atoms with Crippen molar-refractivity contribution in [1.29, 1.82) is 0 Å². The number of carbonyl (C=O) groups excluding carboxylic acids is 1. The second-order valence-corrected chi connectivity index (χ2v) is 4.73. The molecule has 4 N–H and O–H groups in total. The SMILES string of the molecule is CCC(N)CCC(=O)Nc1ccnn1C1CNC1. The molecule has 0 bridgehead atoms. The van der Waals surface area contributed by atoms with Crippen LogP contribution in [0.15, 0.2) is 12.3 Å². The molecule has 18 heavy (non-hydrogen) atoms. The van der Waals surface area contributed by atoms with Gasteiger partial charge >= 0.3 is 0 Å². The van der Waals surface area contributed by atoms with Crippen molar-refractivity contribution in [3.05, 3.63) is 12.3 Å². The molecule has 2 rings (SSSR count). The number of hydrogen-bond acceptors (Lipinski definition) is 4. The largest absolute Gasteiger partial charge is 0.328 e. The summed E-state index contributed by atoms with van der Waals surface area (Å²) in [4.78, 5) is 11.8. The standard InChI is InChI=1S/C12H21N5O/c1-2-9(13)3-4-12(18)16-11-5-6-15-17(11)10-7-14-8-10/h5-6,9-10,14H,2-4,7-8,13H2,1H3,(H,16,18). The van der Waals surface area contributed by atoms with E-state index in [4.69, 9.17) is 5.73 Å². The van der Waals surface area contributed by atoms with Crippen LogP contribution in [0.1, 0.15) is 32.2 Å². The van der Waals surface area contributed by atoms with Gasteiger partial charge in [-0.3, -0.25) is 4.79 Å². The van der Waals surface area contributed by atoms with Crippen LogP contribution in [0.4, 0.5) is 5.82 Å². The minimum atomic E-state index is 0.00735. The summed E-state index contributed by atoms with van der Waals surface area (Å²) < 4.78 is 1.87. The molecule has 1 aromatic heterocycles. The fourth-order valence-corrected chi connectivity index (χ4v) is 1.88. The maximum absolute atomic E-state index is 11.8. The molecule has 1 aliphatic heterocycles. The van der Waals surface area contributed by atoms with E-state index in [0.29, 0.717) is 12.5 Å². The van der Waals surface area contributed by atoms with Crippen molar-refractivity contribution in [3.63, 3.8) is 0 Å². The second-order valence-electron chi connectivity index (χ2n) is 4.73. The molecule has 6 nitrogen and oxygen atoms in total. The zero-order valence-corrected chi connectivity index (χ0v) is 10.7. The molecule has 1 aliphatic rings. The quantitative estimate of drug-likeness (QED) is 0.686. The first-order valence-electron chi connectivity index (χ1n) is 6.50. The van der Waals surface area contributed by atoms with Gasteiger partial charge in [0, 0.05) is 31.6 Å². The highest BCUT2D eigenvalue weighted by Gasteiger charge is 2.22. The Hall–Kier alpha value is -1.40. The average molecular weight is 251 g/mol. The number of anilines is 1. The van der Waals surface area contributed by atoms with Crippen molar-refractivity contribution in [1.82, 2.24) is 15.1 Å². The molecule has 0 saturated carbocycles. The summed E-state index contributed by atoms with van der Waals surface area (Å²) in [5, 5.41) is 10.3. The summed E-state index contributed by atoms with van der Waals surface area (Å²) in [6.07, 6.45) is 3.80. The fraction of sp³-hybridized carbons (Fsp3) is 0.667. The number of rotatable bonds is 6. The Morgan fingerprint density at radius 2 is 2.50 bits per heavy atom. The van der Waals surface area contributed by atoms with Crippen LogP contribution in [0.25, 0.3) is 0 Å². The van der Waals surface area contributed by atoms with Crippen molar-refractivity contribution in [2.24, 2.45) is 5.73 Å². The number of carbonyl (C=O) groups is 1. The van der Waals surface area contributed by atoms with Crippen LogP contribution in [0.3, 0.4) is 0 Å². The van der Waals surface area contributed by atoms with Gasteiger partial charge in [-0.15, -0.1) is 0 Å². The number of hydrogen-bond donors (Lipinski definition) is 3. The first-order valence-corrected chi connectivity index (χ1v) is 6.50. The average Bonchev–Trinajstić information content (AvgIpc) is 2.72. The molecule has 0 radical (unpaired) electrons. The van der Waals surface area contributed by atoms with Gasteiger partial charge in [0.15, 0.2) is 0 Å². The van der Waals surface area contributed by atoms with Crippen molar-refractivity contribution >= 4 is 11.7 Å². The molecule has 0 spiro atoms. The maximum atomic E-state index is 11.8. The lowest BCUT2D eigenvalue weighted by Gasteiger charge is -2.28. The third-order valence-electron chi connectivity index (χ3n) is 3.31. The Bertz CT molecular complexity index is 399. The van der Waals surface area contributed by atoms with E-state index in [-0.39, 0.29) is 11.9 Å². The summed E-state index contributed by atoms with van der Waals surface area (Å²) in [7, 11) is 0. The predicted molar refractivity (Wildman–Crippen MR) is 70.3 cm³/mol. The van der Waals surface area contributed by atoms with E-state index in [9.17, 15) is 4.79 Å². The lowest BCUT2D eigenvalue weighted by atomic mass is 10.1. The van der Waals surface area contributed by atoms with Crippen LogP contribution in [0.5, 0.6) is 0 Å². The molecule has 1 fully saturated rings. The molecule has 1 amide bonds. The molecule has 1 atom stereocenters. The molecule has 1 saturated heterocycles. The van der Waals surface area contributed by atoms with Gasteiger partial charge in [0.25, 0.3) is 0 Å². The third-order valence-corrected chi connectivity index (χ3v) is 3.31. The van der Waals surface area contributed by atoms with Crippen LogP contribution in [-0.2, 0) is 4.79 Å². The molecule has 2 heterocycles. The number of nitrogens with one attached hydrogen (secondary N) is 2. The number of aromatic nitrogens is 2. The summed E-state index contributed by atoms with van der Waals surface area (Å²) >= 11 is 0. The Morgan fingerprint density at radius 3 is 3.11 bits per heavy atom. The summed E-state index contributed by atoms with van der Waals surface area (Å²) in [6.45, 7) is 3.84. The number of nitrogens with zero attached hydrogens (tertiary/aromatic N) is 2. The Balaban J connectivity index is 1.85. The minimum absolute atomic E-state index is 0.00735. The molecule has 0 aromatic carbocycles. The van der Waals surface area contributed by atoms with Crippen molar-refractivity contribution in [3.8, 4) is 0 Å². The predicted octanol–water partition coefficient (Wildman–Crippen LogP) is 0.483. The molecule has 0 aliphatic carbocycles. The smallest absolute Gasteiger partial charge is 0.225 e. The van der Waals surface area contributed by atoms with Crippen LogP contribution in [0, 0.1) is 0 Å². The van der Waals surface area contributed by atoms with Gasteiger partial charge in [0.1, 0.15) is 5.82 Å². The monoisotopic (exact) mass is 251 g/mol. The van der Waals surface area contributed by atoms with E-state index in [0.717, 1.165) is 31.7 Å². The highest BCUT2D eigenvalue weighted by Crippen LogP contribution is 2.17. The van der Waals surface area contributed by atoms with Crippen molar-refractivity contribution < 1.29 is 4.79 Å². The minimum Gasteiger partial charge on any atom is -0.328 e. The van der Waals surface area contributed by atoms with Gasteiger partial charge in [-0.25, -0.2) is 4.68 Å². The molecule has 6 heteroatoms. The molecular formula is C12H21N5O. The maximum Gasteiger partial charge on any atom is 0.225 e. The normalized spacial score (nSPS) is 17.2. The van der Waals surface area contributed by atoms with E-state index >= 15 is 0 Å². The fourth-order valence-electron chi connectivity index (χ4n) is 1.88. The topological polar surface area (TPSA) is 85.0 Å². The van der Waals surface area contributed by atoms with Gasteiger partial charge in [0.2, 0.25) is 5.91 Å². The van der Waals surface area contributed by atoms with E-state index in [1.807, 2.05) is 17.7 Å². The highest BCUT2D eigenvalue weighted by molar-refractivity contribution is 5.89. The first-order chi connectivity index (χ1) is 8.70. The number of amides is 1. The van der Waals surface area contributed by atoms with Gasteiger partial charge in [0.05, 0.1) is 12.2 Å². The Labute approximate surface area is 107 Å². The van der Waals surface area contributed by atoms with E-state index in [2.05, 4.69) is 15.7 Å². The van der Waals surface area contributed by atoms with Gasteiger partial charge < -0.3 is 16.4 Å². The Morgan fingerprint density at radius 1 is 1.72 bits per heavy atom. The van der Waals surface area contributed by atoms with Crippen LogP contribution >= 0.6 is 0 Å². The lowest BCUT2D eigenvalue weighted by Crippen LogP contribution is -2.44. The first kappa shape index (κ1) is 13.0. The van der Waals surface area contributed by atoms with Gasteiger partial charge in [-0.2, -0.15) is 5.10 Å². The van der Waals surface area contributed by atoms with Gasteiger partial charge in [-0.1, -0.05) is 6.92 Å². The summed E-state index contributed by atoms with van der Waals surface area (Å²) in [6, 6.07) is 2.29. The molecule has 1 unspecified atom stereocenters. The van der Waals surface area contributed by atoms with E-state index < -0.39 is 0 Å². The third kappa shape index (κ3) is 3.08. The molecule has 100 valence electrons. The van der Waals surface area contributed by atoms with E-state index in [1.165, 1.54) is 0 Å². The summed E-state index contributed by atoms with van der Waals surface area (Å²) in [5.74, 6) is 0.782. The zero-order chi connectivity index (χ0) is 13.0. The van der Waals surface area contributed by atoms with Crippen LogP contribution in [0.2, 0.25) is 0 Å². The van der Waals surface area contributed by atoms with Crippen molar-refractivity contribution in [2.75, 3.05) is 18.4 Å². The Kier molecular flexibility index (Phi) is 4.33. The highest BCUT2D eigenvalue weighted by atomic mass is 16.1.